The first-order chi connectivity index (χ1) is 13.0. The molecule has 2 aromatic carbocycles. The number of nitrogens with one attached hydrogen (secondary N) is 2. The van der Waals surface area contributed by atoms with E-state index in [1.807, 2.05) is 5.32 Å². The van der Waals surface area contributed by atoms with Crippen molar-refractivity contribution in [3.8, 4) is 5.75 Å². The van der Waals surface area contributed by atoms with Gasteiger partial charge in [0.25, 0.3) is 5.91 Å². The minimum absolute atomic E-state index is 0.101. The maximum absolute atomic E-state index is 12.2. The van der Waals surface area contributed by atoms with E-state index in [1.54, 1.807) is 37.3 Å². The Hall–Kier alpha value is -3.75. The van der Waals surface area contributed by atoms with Gasteiger partial charge < -0.3 is 15.2 Å². The predicted molar refractivity (Wildman–Crippen MR) is 96.2 cm³/mol. The van der Waals surface area contributed by atoms with Crippen molar-refractivity contribution >= 4 is 29.3 Å². The number of hydrogen-bond donors (Lipinski definition) is 3. The van der Waals surface area contributed by atoms with Crippen LogP contribution in [-0.4, -0.2) is 36.2 Å². The largest absolute Gasteiger partial charge is 0.508 e. The molecule has 0 aliphatic heterocycles. The van der Waals surface area contributed by atoms with Crippen molar-refractivity contribution in [1.29, 1.82) is 0 Å². The van der Waals surface area contributed by atoms with Gasteiger partial charge in [-0.25, -0.2) is 9.59 Å². The van der Waals surface area contributed by atoms with E-state index in [1.165, 1.54) is 18.2 Å². The van der Waals surface area contributed by atoms with Crippen LogP contribution < -0.4 is 10.6 Å². The Kier molecular flexibility index (Phi) is 7.00. The van der Waals surface area contributed by atoms with Crippen molar-refractivity contribution in [3.63, 3.8) is 0 Å². The van der Waals surface area contributed by atoms with E-state index >= 15 is 0 Å². The lowest BCUT2D eigenvalue weighted by molar-refractivity contribution is -0.123. The summed E-state index contributed by atoms with van der Waals surface area (Å²) in [6, 6.07) is 11.7. The van der Waals surface area contributed by atoms with Crippen LogP contribution in [0.1, 0.15) is 17.3 Å². The minimum Gasteiger partial charge on any atom is -0.508 e. The molecule has 27 heavy (non-hydrogen) atoms. The van der Waals surface area contributed by atoms with Crippen molar-refractivity contribution in [2.45, 2.75) is 6.92 Å². The molecule has 140 valence electrons. The molecule has 0 bridgehead atoms. The van der Waals surface area contributed by atoms with Crippen LogP contribution in [0.25, 0.3) is 0 Å². The number of phenolic OH excluding ortho intramolecular Hbond substituents is 1. The Morgan fingerprint density at radius 1 is 1.04 bits per heavy atom. The molecular weight excluding hydrogens is 352 g/mol. The third kappa shape index (κ3) is 6.24. The summed E-state index contributed by atoms with van der Waals surface area (Å²) in [5.41, 5.74) is 0.850. The summed E-state index contributed by atoms with van der Waals surface area (Å²) in [5, 5.41) is 21.7. The lowest BCUT2D eigenvalue weighted by atomic mass is 10.2. The van der Waals surface area contributed by atoms with E-state index in [0.717, 1.165) is 0 Å². The van der Waals surface area contributed by atoms with E-state index in [-0.39, 0.29) is 17.0 Å². The SMILES string of the molecule is CCNC(=O)NC(=O)COC(=O)c1ccccc1N=Nc1ccc(O)cc1. The number of esters is 1. The number of phenols is 1. The van der Waals surface area contributed by atoms with Crippen molar-refractivity contribution in [3.05, 3.63) is 54.1 Å². The second kappa shape index (κ2) is 9.66. The molecule has 0 saturated carbocycles. The van der Waals surface area contributed by atoms with Gasteiger partial charge in [-0.1, -0.05) is 12.1 Å². The van der Waals surface area contributed by atoms with Crippen molar-refractivity contribution < 1.29 is 24.2 Å². The van der Waals surface area contributed by atoms with E-state index in [9.17, 15) is 19.5 Å². The van der Waals surface area contributed by atoms with Crippen LogP contribution in [0, 0.1) is 0 Å². The van der Waals surface area contributed by atoms with Gasteiger partial charge >= 0.3 is 12.0 Å². The molecule has 0 aliphatic rings. The summed E-state index contributed by atoms with van der Waals surface area (Å²) in [6.07, 6.45) is 0. The molecule has 2 rings (SSSR count). The number of amides is 3. The molecule has 0 aromatic heterocycles. The first-order valence-corrected chi connectivity index (χ1v) is 8.04. The molecule has 3 N–H and O–H groups in total. The number of hydrogen-bond acceptors (Lipinski definition) is 7. The fourth-order valence-corrected chi connectivity index (χ4v) is 1.94. The summed E-state index contributed by atoms with van der Waals surface area (Å²) in [4.78, 5) is 35.0. The van der Waals surface area contributed by atoms with Gasteiger partial charge in [-0.05, 0) is 43.3 Å². The van der Waals surface area contributed by atoms with Gasteiger partial charge in [-0.2, -0.15) is 5.11 Å². The highest BCUT2D eigenvalue weighted by molar-refractivity contribution is 5.98. The van der Waals surface area contributed by atoms with Crippen LogP contribution in [-0.2, 0) is 9.53 Å². The normalized spacial score (nSPS) is 10.4. The highest BCUT2D eigenvalue weighted by Crippen LogP contribution is 2.24. The highest BCUT2D eigenvalue weighted by atomic mass is 16.5. The molecule has 0 radical (unpaired) electrons. The van der Waals surface area contributed by atoms with Crippen LogP contribution in [0.3, 0.4) is 0 Å². The lowest BCUT2D eigenvalue weighted by Crippen LogP contribution is -2.41. The number of benzene rings is 2. The van der Waals surface area contributed by atoms with Crippen molar-refractivity contribution in [2.24, 2.45) is 10.2 Å². The Morgan fingerprint density at radius 3 is 2.44 bits per heavy atom. The zero-order chi connectivity index (χ0) is 19.6. The van der Waals surface area contributed by atoms with Gasteiger partial charge in [0.05, 0.1) is 11.3 Å². The van der Waals surface area contributed by atoms with Crippen LogP contribution in [0.2, 0.25) is 0 Å². The number of aromatic hydroxyl groups is 1. The average molecular weight is 370 g/mol. The molecular formula is C18H18N4O5. The summed E-state index contributed by atoms with van der Waals surface area (Å²) in [7, 11) is 0. The van der Waals surface area contributed by atoms with Crippen LogP contribution in [0.4, 0.5) is 16.2 Å². The Balaban J connectivity index is 2.01. The number of urea groups is 1. The number of carbonyl (C=O) groups is 3. The zero-order valence-corrected chi connectivity index (χ0v) is 14.5. The molecule has 0 spiro atoms. The molecule has 9 heteroatoms. The Bertz CT molecular complexity index is 849. The average Bonchev–Trinajstić information content (AvgIpc) is 2.66. The summed E-state index contributed by atoms with van der Waals surface area (Å²) < 4.78 is 4.91. The fraction of sp³-hybridized carbons (Fsp3) is 0.167. The summed E-state index contributed by atoms with van der Waals surface area (Å²) in [5.74, 6) is -1.43. The third-order valence-electron chi connectivity index (χ3n) is 3.17. The van der Waals surface area contributed by atoms with Gasteiger partial charge in [-0.15, -0.1) is 5.11 Å². The molecule has 2 aromatic rings. The maximum Gasteiger partial charge on any atom is 0.340 e. The minimum atomic E-state index is -0.777. The van der Waals surface area contributed by atoms with Crippen molar-refractivity contribution in [1.82, 2.24) is 10.6 Å². The first kappa shape index (κ1) is 19.6. The third-order valence-corrected chi connectivity index (χ3v) is 3.17. The van der Waals surface area contributed by atoms with Gasteiger partial charge in [0, 0.05) is 6.54 Å². The summed E-state index contributed by atoms with van der Waals surface area (Å²) >= 11 is 0. The number of imide groups is 1. The second-order valence-electron chi connectivity index (χ2n) is 5.22. The zero-order valence-electron chi connectivity index (χ0n) is 14.5. The van der Waals surface area contributed by atoms with Gasteiger partial charge in [0.1, 0.15) is 11.4 Å². The monoisotopic (exact) mass is 370 g/mol. The number of carbonyl (C=O) groups excluding carboxylic acids is 3. The van der Waals surface area contributed by atoms with Gasteiger partial charge in [0.15, 0.2) is 6.61 Å². The predicted octanol–water partition coefficient (Wildman–Crippen LogP) is 2.81. The Morgan fingerprint density at radius 2 is 1.74 bits per heavy atom. The maximum atomic E-state index is 12.2. The van der Waals surface area contributed by atoms with Crippen LogP contribution in [0.15, 0.2) is 58.8 Å². The molecule has 0 atom stereocenters. The van der Waals surface area contributed by atoms with E-state index in [4.69, 9.17) is 4.74 Å². The number of azo groups is 1. The second-order valence-corrected chi connectivity index (χ2v) is 5.22. The number of ether oxygens (including phenoxy) is 1. The van der Waals surface area contributed by atoms with E-state index < -0.39 is 24.5 Å². The molecule has 3 amide bonds. The molecule has 9 nitrogen and oxygen atoms in total. The van der Waals surface area contributed by atoms with E-state index in [2.05, 4.69) is 15.5 Å². The molecule has 0 aliphatic carbocycles. The molecule has 0 fully saturated rings. The van der Waals surface area contributed by atoms with E-state index in [0.29, 0.717) is 12.2 Å². The van der Waals surface area contributed by atoms with Gasteiger partial charge in [0.2, 0.25) is 0 Å². The number of rotatable bonds is 6. The Labute approximate surface area is 155 Å². The molecule has 0 saturated heterocycles. The first-order valence-electron chi connectivity index (χ1n) is 8.04. The van der Waals surface area contributed by atoms with Crippen LogP contribution in [0.5, 0.6) is 5.75 Å². The lowest BCUT2D eigenvalue weighted by Gasteiger charge is -2.07. The molecule has 0 heterocycles. The van der Waals surface area contributed by atoms with Crippen LogP contribution >= 0.6 is 0 Å². The summed E-state index contributed by atoms with van der Waals surface area (Å²) in [6.45, 7) is 1.45. The highest BCUT2D eigenvalue weighted by Gasteiger charge is 2.15. The topological polar surface area (TPSA) is 129 Å². The quantitative estimate of drug-likeness (QED) is 0.532. The standard InChI is InChI=1S/C18H18N4O5/c1-2-19-18(26)20-16(24)11-27-17(25)14-5-3-4-6-15(14)22-21-12-7-9-13(23)10-8-12/h3-10,23H,2,11H2,1H3,(H2,19,20,24,26). The van der Waals surface area contributed by atoms with Gasteiger partial charge in [-0.3, -0.25) is 10.1 Å². The van der Waals surface area contributed by atoms with Crippen molar-refractivity contribution in [2.75, 3.05) is 13.2 Å². The molecule has 0 unspecified atom stereocenters. The number of nitrogens with zero attached hydrogens (tertiary/aromatic N) is 2. The smallest absolute Gasteiger partial charge is 0.340 e. The fourth-order valence-electron chi connectivity index (χ4n) is 1.94.